The number of halogens is 1. The average Bonchev–Trinajstić information content (AvgIpc) is 3.02. The van der Waals surface area contributed by atoms with Crippen LogP contribution in [0.15, 0.2) is 53.7 Å². The summed E-state index contributed by atoms with van der Waals surface area (Å²) in [6.45, 7) is 1.81. The number of benzene rings is 2. The van der Waals surface area contributed by atoms with Crippen molar-refractivity contribution >= 4 is 17.5 Å². The lowest BCUT2D eigenvalue weighted by molar-refractivity contribution is 0.0994. The molecular formula is C19H18FN3O2S. The summed E-state index contributed by atoms with van der Waals surface area (Å²) in [4.78, 5) is 12.6. The minimum absolute atomic E-state index is 0.0203. The Balaban J connectivity index is 1.78. The van der Waals surface area contributed by atoms with Crippen molar-refractivity contribution < 1.29 is 13.9 Å². The maximum atomic E-state index is 14.0. The van der Waals surface area contributed by atoms with Crippen molar-refractivity contribution in [3.8, 4) is 17.1 Å². The van der Waals surface area contributed by atoms with Crippen molar-refractivity contribution in [2.75, 3.05) is 7.11 Å². The summed E-state index contributed by atoms with van der Waals surface area (Å²) >= 11 is 1.29. The van der Waals surface area contributed by atoms with E-state index in [1.54, 1.807) is 61.2 Å². The van der Waals surface area contributed by atoms with Gasteiger partial charge < -0.3 is 9.30 Å². The lowest BCUT2D eigenvalue weighted by Crippen LogP contribution is -2.14. The Morgan fingerprint density at radius 1 is 1.15 bits per heavy atom. The first-order valence-corrected chi connectivity index (χ1v) is 8.88. The van der Waals surface area contributed by atoms with E-state index >= 15 is 0 Å². The van der Waals surface area contributed by atoms with Crippen molar-refractivity contribution in [1.82, 2.24) is 14.8 Å². The molecule has 1 aromatic heterocycles. The lowest BCUT2D eigenvalue weighted by atomic mass is 10.1. The number of hydrogen-bond acceptors (Lipinski definition) is 5. The number of carbonyl (C=O) groups is 1. The molecule has 0 fully saturated rings. The van der Waals surface area contributed by atoms with Crippen molar-refractivity contribution in [3.63, 3.8) is 0 Å². The highest BCUT2D eigenvalue weighted by Crippen LogP contribution is 2.28. The van der Waals surface area contributed by atoms with Crippen LogP contribution < -0.4 is 4.74 Å². The van der Waals surface area contributed by atoms with Gasteiger partial charge in [0, 0.05) is 12.6 Å². The molecule has 0 aliphatic carbocycles. The number of methoxy groups -OCH3 is 1. The third-order valence-electron chi connectivity index (χ3n) is 3.98. The van der Waals surface area contributed by atoms with E-state index in [-0.39, 0.29) is 16.9 Å². The van der Waals surface area contributed by atoms with Gasteiger partial charge in [-0.3, -0.25) is 4.79 Å². The third-order valence-corrected chi connectivity index (χ3v) is 5.11. The topological polar surface area (TPSA) is 57.0 Å². The van der Waals surface area contributed by atoms with E-state index in [0.29, 0.717) is 27.9 Å². The number of ether oxygens (including phenoxy) is 1. The predicted molar refractivity (Wildman–Crippen MR) is 99.0 cm³/mol. The summed E-state index contributed by atoms with van der Waals surface area (Å²) in [6.07, 6.45) is 0. The molecule has 0 spiro atoms. The van der Waals surface area contributed by atoms with E-state index in [1.807, 2.05) is 6.92 Å². The van der Waals surface area contributed by atoms with Crippen LogP contribution in [0.1, 0.15) is 17.3 Å². The molecule has 0 radical (unpaired) electrons. The molecule has 2 aromatic carbocycles. The Labute approximate surface area is 155 Å². The molecule has 0 saturated carbocycles. The molecule has 0 amide bonds. The first kappa shape index (κ1) is 18.1. The monoisotopic (exact) mass is 371 g/mol. The zero-order valence-corrected chi connectivity index (χ0v) is 15.5. The Hall–Kier alpha value is -2.67. The van der Waals surface area contributed by atoms with Gasteiger partial charge in [-0.2, -0.15) is 0 Å². The van der Waals surface area contributed by atoms with Crippen molar-refractivity contribution in [2.45, 2.75) is 17.3 Å². The number of carbonyl (C=O) groups excluding carboxylic acids is 1. The summed E-state index contributed by atoms with van der Waals surface area (Å²) in [6, 6.07) is 13.4. The van der Waals surface area contributed by atoms with Crippen LogP contribution in [-0.4, -0.2) is 32.9 Å². The second-order valence-corrected chi connectivity index (χ2v) is 7.01. The van der Waals surface area contributed by atoms with Gasteiger partial charge in [0.1, 0.15) is 11.6 Å². The summed E-state index contributed by atoms with van der Waals surface area (Å²) in [5.41, 5.74) is 0.978. The van der Waals surface area contributed by atoms with E-state index in [0.717, 1.165) is 0 Å². The van der Waals surface area contributed by atoms with Gasteiger partial charge in [-0.1, -0.05) is 23.9 Å². The van der Waals surface area contributed by atoms with Crippen LogP contribution >= 0.6 is 11.8 Å². The van der Waals surface area contributed by atoms with Crippen molar-refractivity contribution in [3.05, 3.63) is 59.9 Å². The zero-order valence-electron chi connectivity index (χ0n) is 14.6. The SMILES string of the molecule is COc1ccc(C(=O)[C@H](C)Sc2nnc(-c3ccccc3F)n2C)cc1. The number of aromatic nitrogens is 3. The van der Waals surface area contributed by atoms with Crippen LogP contribution in [-0.2, 0) is 7.05 Å². The van der Waals surface area contributed by atoms with Crippen LogP contribution in [0.25, 0.3) is 11.4 Å². The van der Waals surface area contributed by atoms with Crippen molar-refractivity contribution in [1.29, 1.82) is 0 Å². The minimum atomic E-state index is -0.361. The number of nitrogens with zero attached hydrogens (tertiary/aromatic N) is 3. The predicted octanol–water partition coefficient (Wildman–Crippen LogP) is 3.99. The molecule has 7 heteroatoms. The van der Waals surface area contributed by atoms with Gasteiger partial charge in [-0.15, -0.1) is 10.2 Å². The molecule has 0 bridgehead atoms. The molecule has 0 unspecified atom stereocenters. The average molecular weight is 371 g/mol. The number of hydrogen-bond donors (Lipinski definition) is 0. The van der Waals surface area contributed by atoms with Crippen molar-refractivity contribution in [2.24, 2.45) is 7.05 Å². The third kappa shape index (κ3) is 3.62. The molecule has 3 aromatic rings. The second kappa shape index (κ2) is 7.70. The molecule has 26 heavy (non-hydrogen) atoms. The number of Topliss-reactive ketones (excluding diaryl/α,β-unsaturated/α-hetero) is 1. The molecule has 0 N–H and O–H groups in total. The molecule has 0 saturated heterocycles. The minimum Gasteiger partial charge on any atom is -0.497 e. The number of rotatable bonds is 6. The lowest BCUT2D eigenvalue weighted by Gasteiger charge is -2.10. The molecule has 1 atom stereocenters. The number of ketones is 1. The Morgan fingerprint density at radius 3 is 2.50 bits per heavy atom. The standard InChI is InChI=1S/C19H18FN3O2S/c1-12(17(24)13-8-10-14(25-3)11-9-13)26-19-22-21-18(23(19)2)15-6-4-5-7-16(15)20/h4-12H,1-3H3/t12-/m0/s1. The summed E-state index contributed by atoms with van der Waals surface area (Å²) in [5, 5.41) is 8.38. The Kier molecular flexibility index (Phi) is 5.37. The summed E-state index contributed by atoms with van der Waals surface area (Å²) < 4.78 is 20.8. The van der Waals surface area contributed by atoms with Crippen LogP contribution in [0.4, 0.5) is 4.39 Å². The molecule has 1 heterocycles. The van der Waals surface area contributed by atoms with Gasteiger partial charge in [0.2, 0.25) is 0 Å². The molecule has 134 valence electrons. The highest BCUT2D eigenvalue weighted by atomic mass is 32.2. The number of thioether (sulfide) groups is 1. The van der Waals surface area contributed by atoms with E-state index in [1.165, 1.54) is 17.8 Å². The molecular weight excluding hydrogens is 353 g/mol. The molecule has 3 rings (SSSR count). The highest BCUT2D eigenvalue weighted by molar-refractivity contribution is 8.00. The summed E-state index contributed by atoms with van der Waals surface area (Å²) in [7, 11) is 3.34. The largest absolute Gasteiger partial charge is 0.497 e. The molecule has 0 aliphatic rings. The first-order chi connectivity index (χ1) is 12.5. The normalized spacial score (nSPS) is 12.0. The highest BCUT2D eigenvalue weighted by Gasteiger charge is 2.21. The van der Waals surface area contributed by atoms with Crippen LogP contribution in [0.5, 0.6) is 5.75 Å². The second-order valence-electron chi connectivity index (χ2n) is 5.70. The van der Waals surface area contributed by atoms with Gasteiger partial charge in [-0.05, 0) is 43.3 Å². The fourth-order valence-corrected chi connectivity index (χ4v) is 3.39. The fourth-order valence-electron chi connectivity index (χ4n) is 2.50. The van der Waals surface area contributed by atoms with Gasteiger partial charge in [0.05, 0.1) is 17.9 Å². The quantitative estimate of drug-likeness (QED) is 0.484. The first-order valence-electron chi connectivity index (χ1n) is 8.00. The van der Waals surface area contributed by atoms with E-state index in [4.69, 9.17) is 4.74 Å². The molecule has 5 nitrogen and oxygen atoms in total. The van der Waals surface area contributed by atoms with Crippen LogP contribution in [0.2, 0.25) is 0 Å². The van der Waals surface area contributed by atoms with E-state index < -0.39 is 0 Å². The maximum Gasteiger partial charge on any atom is 0.191 e. The van der Waals surface area contributed by atoms with Gasteiger partial charge >= 0.3 is 0 Å². The molecule has 0 aliphatic heterocycles. The van der Waals surface area contributed by atoms with Gasteiger partial charge in [0.25, 0.3) is 0 Å². The van der Waals surface area contributed by atoms with Crippen LogP contribution in [0, 0.1) is 5.82 Å². The Bertz CT molecular complexity index is 925. The van der Waals surface area contributed by atoms with E-state index in [9.17, 15) is 9.18 Å². The van der Waals surface area contributed by atoms with Gasteiger partial charge in [-0.25, -0.2) is 4.39 Å². The fraction of sp³-hybridized carbons (Fsp3) is 0.211. The van der Waals surface area contributed by atoms with Crippen LogP contribution in [0.3, 0.4) is 0 Å². The van der Waals surface area contributed by atoms with Gasteiger partial charge in [0.15, 0.2) is 16.8 Å². The smallest absolute Gasteiger partial charge is 0.191 e. The maximum absolute atomic E-state index is 14.0. The summed E-state index contributed by atoms with van der Waals surface area (Å²) in [5.74, 6) is 0.745. The Morgan fingerprint density at radius 2 is 1.85 bits per heavy atom. The van der Waals surface area contributed by atoms with E-state index in [2.05, 4.69) is 10.2 Å². The zero-order chi connectivity index (χ0) is 18.7.